The minimum Gasteiger partial charge on any atom is -0.311 e. The Morgan fingerprint density at radius 2 is 2.15 bits per heavy atom. The fourth-order valence-electron chi connectivity index (χ4n) is 2.35. The van der Waals surface area contributed by atoms with E-state index < -0.39 is 0 Å². The second kappa shape index (κ2) is 5.17. The molecule has 1 aromatic carbocycles. The smallest absolute Gasteiger partial charge is 0.228 e. The first kappa shape index (κ1) is 12.4. The van der Waals surface area contributed by atoms with Gasteiger partial charge in [0.15, 0.2) is 0 Å². The predicted molar refractivity (Wildman–Crippen MR) is 74.9 cm³/mol. The number of rotatable bonds is 3. The van der Waals surface area contributed by atoms with E-state index in [1.165, 1.54) is 6.33 Å². The number of anilines is 1. The van der Waals surface area contributed by atoms with Gasteiger partial charge in [-0.15, -0.1) is 12.3 Å². The van der Waals surface area contributed by atoms with Crippen LogP contribution in [0.4, 0.5) is 5.69 Å². The molecule has 0 N–H and O–H groups in total. The molecule has 2 aromatic rings. The minimum atomic E-state index is 0.0253. The highest BCUT2D eigenvalue weighted by atomic mass is 16.2. The molecule has 0 radical (unpaired) electrons. The molecule has 20 heavy (non-hydrogen) atoms. The predicted octanol–water partition coefficient (Wildman–Crippen LogP) is 1.31. The molecule has 1 saturated heterocycles. The molecular weight excluding hydrogens is 252 g/mol. The molecule has 5 nitrogen and oxygen atoms in total. The monoisotopic (exact) mass is 266 g/mol. The third-order valence-electron chi connectivity index (χ3n) is 3.42. The molecular formula is C15H14N4O. The number of terminal acetylenes is 1. The molecule has 1 aromatic heterocycles. The minimum absolute atomic E-state index is 0.0253. The van der Waals surface area contributed by atoms with Crippen molar-refractivity contribution < 1.29 is 4.79 Å². The van der Waals surface area contributed by atoms with E-state index in [1.807, 2.05) is 24.3 Å². The lowest BCUT2D eigenvalue weighted by atomic mass is 10.1. The van der Waals surface area contributed by atoms with Crippen LogP contribution in [0.25, 0.3) is 0 Å². The number of hydrogen-bond acceptors (Lipinski definition) is 3. The summed E-state index contributed by atoms with van der Waals surface area (Å²) < 4.78 is 1.75. The van der Waals surface area contributed by atoms with E-state index >= 15 is 0 Å². The highest BCUT2D eigenvalue weighted by molar-refractivity contribution is 5.96. The molecule has 2 heterocycles. The van der Waals surface area contributed by atoms with E-state index in [0.29, 0.717) is 19.5 Å². The fourth-order valence-corrected chi connectivity index (χ4v) is 2.35. The number of amides is 1. The summed E-state index contributed by atoms with van der Waals surface area (Å²) in [4.78, 5) is 17.6. The third-order valence-corrected chi connectivity index (χ3v) is 3.42. The first-order valence-corrected chi connectivity index (χ1v) is 6.44. The molecule has 1 aliphatic rings. The van der Waals surface area contributed by atoms with E-state index in [9.17, 15) is 4.79 Å². The van der Waals surface area contributed by atoms with Gasteiger partial charge in [-0.25, -0.2) is 9.67 Å². The van der Waals surface area contributed by atoms with Crippen molar-refractivity contribution >= 4 is 11.6 Å². The Bertz CT molecular complexity index is 640. The van der Waals surface area contributed by atoms with E-state index in [1.54, 1.807) is 15.9 Å². The van der Waals surface area contributed by atoms with Crippen molar-refractivity contribution in [3.63, 3.8) is 0 Å². The van der Waals surface area contributed by atoms with Crippen LogP contribution in [-0.4, -0.2) is 27.2 Å². The molecule has 1 amide bonds. The van der Waals surface area contributed by atoms with Crippen molar-refractivity contribution in [1.29, 1.82) is 0 Å². The molecule has 0 aliphatic carbocycles. The van der Waals surface area contributed by atoms with Crippen molar-refractivity contribution in [3.05, 3.63) is 42.5 Å². The quantitative estimate of drug-likeness (QED) is 0.787. The van der Waals surface area contributed by atoms with Gasteiger partial charge in [-0.2, -0.15) is 5.10 Å². The maximum absolute atomic E-state index is 11.9. The SMILES string of the molecule is C#CC1CC(=O)N(c2ccc(Cn3cncn3)cc2)C1. The van der Waals surface area contributed by atoms with E-state index in [0.717, 1.165) is 11.3 Å². The van der Waals surface area contributed by atoms with Gasteiger partial charge in [-0.05, 0) is 17.7 Å². The standard InChI is InChI=1S/C15H14N4O/c1-2-12-7-15(20)19(9-12)14-5-3-13(4-6-14)8-18-11-16-10-17-18/h1,3-6,10-12H,7-9H2. The van der Waals surface area contributed by atoms with Gasteiger partial charge in [0, 0.05) is 24.6 Å². The second-order valence-electron chi connectivity index (χ2n) is 4.83. The van der Waals surface area contributed by atoms with Gasteiger partial charge >= 0.3 is 0 Å². The highest BCUT2D eigenvalue weighted by Gasteiger charge is 2.29. The van der Waals surface area contributed by atoms with Crippen LogP contribution in [0.15, 0.2) is 36.9 Å². The van der Waals surface area contributed by atoms with Crippen LogP contribution in [0.1, 0.15) is 12.0 Å². The molecule has 100 valence electrons. The number of aromatic nitrogens is 3. The van der Waals surface area contributed by atoms with Gasteiger partial charge < -0.3 is 4.90 Å². The molecule has 1 aliphatic heterocycles. The van der Waals surface area contributed by atoms with Crippen LogP contribution in [-0.2, 0) is 11.3 Å². The maximum atomic E-state index is 11.9. The zero-order chi connectivity index (χ0) is 13.9. The molecule has 1 fully saturated rings. The fraction of sp³-hybridized carbons (Fsp3) is 0.267. The summed E-state index contributed by atoms with van der Waals surface area (Å²) in [7, 11) is 0. The maximum Gasteiger partial charge on any atom is 0.228 e. The van der Waals surface area contributed by atoms with Crippen LogP contribution in [0.3, 0.4) is 0 Å². The molecule has 0 spiro atoms. The van der Waals surface area contributed by atoms with Gasteiger partial charge in [-0.1, -0.05) is 12.1 Å². The van der Waals surface area contributed by atoms with Gasteiger partial charge in [0.2, 0.25) is 5.91 Å². The molecule has 0 saturated carbocycles. The summed E-state index contributed by atoms with van der Waals surface area (Å²) in [5.74, 6) is 2.77. The zero-order valence-corrected chi connectivity index (χ0v) is 10.9. The number of carbonyl (C=O) groups excluding carboxylic acids is 1. The van der Waals surface area contributed by atoms with Gasteiger partial charge in [0.05, 0.1) is 6.54 Å². The molecule has 3 rings (SSSR count). The van der Waals surface area contributed by atoms with Crippen LogP contribution in [0, 0.1) is 18.3 Å². The summed E-state index contributed by atoms with van der Waals surface area (Å²) in [6.45, 7) is 1.28. The number of nitrogens with zero attached hydrogens (tertiary/aromatic N) is 4. The summed E-state index contributed by atoms with van der Waals surface area (Å²) >= 11 is 0. The molecule has 0 bridgehead atoms. The summed E-state index contributed by atoms with van der Waals surface area (Å²) in [6, 6.07) is 7.88. The summed E-state index contributed by atoms with van der Waals surface area (Å²) in [5.41, 5.74) is 2.01. The normalized spacial score (nSPS) is 18.2. The first-order valence-electron chi connectivity index (χ1n) is 6.44. The molecule has 1 atom stereocenters. The van der Waals surface area contributed by atoms with Crippen molar-refractivity contribution in [1.82, 2.24) is 14.8 Å². The van der Waals surface area contributed by atoms with Crippen molar-refractivity contribution in [2.45, 2.75) is 13.0 Å². The van der Waals surface area contributed by atoms with Crippen molar-refractivity contribution in [2.75, 3.05) is 11.4 Å². The second-order valence-corrected chi connectivity index (χ2v) is 4.83. The largest absolute Gasteiger partial charge is 0.311 e. The average molecular weight is 266 g/mol. The third kappa shape index (κ3) is 2.41. The van der Waals surface area contributed by atoms with E-state index in [4.69, 9.17) is 6.42 Å². The summed E-state index contributed by atoms with van der Waals surface area (Å²) in [5, 5.41) is 4.06. The molecule has 5 heteroatoms. The number of hydrogen-bond donors (Lipinski definition) is 0. The van der Waals surface area contributed by atoms with Crippen LogP contribution in [0.5, 0.6) is 0 Å². The topological polar surface area (TPSA) is 51.0 Å². The van der Waals surface area contributed by atoms with Gasteiger partial charge in [-0.3, -0.25) is 4.79 Å². The Balaban J connectivity index is 1.73. The van der Waals surface area contributed by atoms with E-state index in [-0.39, 0.29) is 11.8 Å². The number of benzene rings is 1. The average Bonchev–Trinajstić information content (AvgIpc) is 3.09. The lowest BCUT2D eigenvalue weighted by molar-refractivity contribution is -0.117. The van der Waals surface area contributed by atoms with Crippen molar-refractivity contribution in [3.8, 4) is 12.3 Å². The lowest BCUT2D eigenvalue weighted by Crippen LogP contribution is -2.24. The summed E-state index contributed by atoms with van der Waals surface area (Å²) in [6.07, 6.45) is 9.02. The molecule has 1 unspecified atom stereocenters. The Morgan fingerprint density at radius 3 is 2.75 bits per heavy atom. The Labute approximate surface area is 117 Å². The van der Waals surface area contributed by atoms with Crippen LogP contribution >= 0.6 is 0 Å². The van der Waals surface area contributed by atoms with Crippen LogP contribution in [0.2, 0.25) is 0 Å². The highest BCUT2D eigenvalue weighted by Crippen LogP contribution is 2.24. The Kier molecular flexibility index (Phi) is 3.21. The Hall–Kier alpha value is -2.61. The van der Waals surface area contributed by atoms with Gasteiger partial charge in [0.25, 0.3) is 0 Å². The van der Waals surface area contributed by atoms with Gasteiger partial charge in [0.1, 0.15) is 12.7 Å². The zero-order valence-electron chi connectivity index (χ0n) is 10.9. The van der Waals surface area contributed by atoms with Crippen molar-refractivity contribution in [2.24, 2.45) is 5.92 Å². The lowest BCUT2D eigenvalue weighted by Gasteiger charge is -2.16. The Morgan fingerprint density at radius 1 is 1.35 bits per heavy atom. The number of carbonyl (C=O) groups is 1. The van der Waals surface area contributed by atoms with E-state index in [2.05, 4.69) is 16.0 Å². The van der Waals surface area contributed by atoms with Crippen LogP contribution < -0.4 is 4.90 Å². The first-order chi connectivity index (χ1) is 9.76.